The Labute approximate surface area is 244 Å². The lowest BCUT2D eigenvalue weighted by Crippen LogP contribution is -2.40. The average molecular weight is 615 g/mol. The van der Waals surface area contributed by atoms with Crippen molar-refractivity contribution in [1.82, 2.24) is 14.6 Å². The third-order valence-corrected chi connectivity index (χ3v) is 10.5. The largest absolute Gasteiger partial charge is 0.455 e. The van der Waals surface area contributed by atoms with Gasteiger partial charge in [0.25, 0.3) is 5.91 Å². The number of amides is 1. The molecule has 13 heteroatoms. The minimum atomic E-state index is -3.72. The van der Waals surface area contributed by atoms with Crippen LogP contribution in [0.4, 0.5) is 10.1 Å². The van der Waals surface area contributed by atoms with Crippen LogP contribution in [-0.2, 0) is 25.8 Å². The van der Waals surface area contributed by atoms with E-state index in [9.17, 15) is 26.0 Å². The molecule has 42 heavy (non-hydrogen) atoms. The summed E-state index contributed by atoms with van der Waals surface area (Å²) in [5.74, 6) is -1.25. The zero-order chi connectivity index (χ0) is 30.2. The lowest BCUT2D eigenvalue weighted by atomic mass is 9.89. The SMILES string of the molecule is CNC(=O)c1c(-c2ccc(F)cc2)oc2cc(N(C)S(C)(=O)=O)c([C@H]3CCCN(S(=O)(=O)Cc4cccnc4)C3)cc12. The third-order valence-electron chi connectivity index (χ3n) is 7.52. The maximum atomic E-state index is 13.7. The maximum absolute atomic E-state index is 13.7. The number of hydrogen-bond donors (Lipinski definition) is 1. The number of halogens is 1. The molecule has 1 amide bonds. The first-order valence-corrected chi connectivity index (χ1v) is 16.7. The maximum Gasteiger partial charge on any atom is 0.255 e. The predicted molar refractivity (Wildman–Crippen MR) is 159 cm³/mol. The number of nitrogens with one attached hydrogen (secondary N) is 1. The van der Waals surface area contributed by atoms with Crippen LogP contribution in [0.1, 0.15) is 40.2 Å². The summed E-state index contributed by atoms with van der Waals surface area (Å²) in [5.41, 5.74) is 2.42. The van der Waals surface area contributed by atoms with Gasteiger partial charge in [-0.05, 0) is 66.3 Å². The first-order chi connectivity index (χ1) is 19.9. The first kappa shape index (κ1) is 29.7. The highest BCUT2D eigenvalue weighted by atomic mass is 32.2. The predicted octanol–water partition coefficient (Wildman–Crippen LogP) is 4.10. The summed E-state index contributed by atoms with van der Waals surface area (Å²) in [6.45, 7) is 0.471. The zero-order valence-electron chi connectivity index (χ0n) is 23.4. The summed E-state index contributed by atoms with van der Waals surface area (Å²) in [7, 11) is -4.51. The van der Waals surface area contributed by atoms with Crippen molar-refractivity contribution in [3.05, 3.63) is 83.4 Å². The minimum absolute atomic E-state index is 0.136. The molecule has 0 saturated carbocycles. The van der Waals surface area contributed by atoms with Gasteiger partial charge >= 0.3 is 0 Å². The molecule has 10 nitrogen and oxygen atoms in total. The zero-order valence-corrected chi connectivity index (χ0v) is 25.0. The van der Waals surface area contributed by atoms with Crippen LogP contribution < -0.4 is 9.62 Å². The van der Waals surface area contributed by atoms with Gasteiger partial charge in [-0.2, -0.15) is 0 Å². The monoisotopic (exact) mass is 614 g/mol. The molecule has 2 aromatic carbocycles. The van der Waals surface area contributed by atoms with E-state index in [4.69, 9.17) is 4.42 Å². The molecule has 3 heterocycles. The molecule has 1 fully saturated rings. The minimum Gasteiger partial charge on any atom is -0.455 e. The number of pyridine rings is 1. The number of fused-ring (bicyclic) bond motifs is 1. The summed E-state index contributed by atoms with van der Waals surface area (Å²) >= 11 is 0. The number of anilines is 1. The van der Waals surface area contributed by atoms with Crippen molar-refractivity contribution >= 4 is 42.6 Å². The van der Waals surface area contributed by atoms with Gasteiger partial charge in [-0.3, -0.25) is 14.1 Å². The van der Waals surface area contributed by atoms with Crippen molar-refractivity contribution in [2.45, 2.75) is 24.5 Å². The van der Waals surface area contributed by atoms with Crippen molar-refractivity contribution in [2.24, 2.45) is 0 Å². The summed E-state index contributed by atoms with van der Waals surface area (Å²) in [6.07, 6.45) is 5.34. The third kappa shape index (κ3) is 5.90. The summed E-state index contributed by atoms with van der Waals surface area (Å²) in [5, 5.41) is 3.05. The van der Waals surface area contributed by atoms with Gasteiger partial charge in [0.1, 0.15) is 17.2 Å². The normalized spacial score (nSPS) is 16.4. The number of nitrogens with zero attached hydrogens (tertiary/aromatic N) is 3. The van der Waals surface area contributed by atoms with Crippen LogP contribution in [0.5, 0.6) is 0 Å². The van der Waals surface area contributed by atoms with Gasteiger partial charge in [0.05, 0.1) is 23.3 Å². The quantitative estimate of drug-likeness (QED) is 0.316. The number of piperidine rings is 1. The van der Waals surface area contributed by atoms with Crippen LogP contribution in [-0.4, -0.2) is 65.5 Å². The molecule has 0 aliphatic carbocycles. The van der Waals surface area contributed by atoms with Gasteiger partial charge in [-0.15, -0.1) is 0 Å². The molecule has 1 N–H and O–H groups in total. The molecular formula is C29H31FN4O6S2. The molecule has 1 aliphatic heterocycles. The standard InChI is InChI=1S/C29H31FN4O6S2/c1-31-29(35)27-24-14-23(21-7-5-13-34(17-21)42(38,39)18-19-6-4-12-32-16-19)25(33(2)41(3,36)37)15-26(24)40-28(27)20-8-10-22(30)11-9-20/h4,6,8-12,14-16,21H,5,7,13,17-18H2,1-3H3,(H,31,35)/t21-/m0/s1. The highest BCUT2D eigenvalue weighted by Crippen LogP contribution is 2.42. The first-order valence-electron chi connectivity index (χ1n) is 13.3. The second-order valence-electron chi connectivity index (χ2n) is 10.3. The Hall–Kier alpha value is -3.81. The van der Waals surface area contributed by atoms with Crippen molar-refractivity contribution < 1.29 is 30.4 Å². The van der Waals surface area contributed by atoms with Gasteiger partial charge in [-0.25, -0.2) is 25.5 Å². The van der Waals surface area contributed by atoms with Crippen LogP contribution in [0.15, 0.2) is 65.3 Å². The van der Waals surface area contributed by atoms with E-state index >= 15 is 0 Å². The Kier molecular flexibility index (Phi) is 8.10. The smallest absolute Gasteiger partial charge is 0.255 e. The Bertz CT molecular complexity index is 1840. The number of hydrogen-bond acceptors (Lipinski definition) is 7. The van der Waals surface area contributed by atoms with Crippen LogP contribution >= 0.6 is 0 Å². The molecule has 1 aliphatic rings. The fourth-order valence-electron chi connectivity index (χ4n) is 5.32. The molecule has 222 valence electrons. The van der Waals surface area contributed by atoms with Gasteiger partial charge in [-0.1, -0.05) is 6.07 Å². The lowest BCUT2D eigenvalue weighted by molar-refractivity contribution is 0.0964. The van der Waals surface area contributed by atoms with Crippen molar-refractivity contribution in [3.8, 4) is 11.3 Å². The van der Waals surface area contributed by atoms with E-state index < -0.39 is 31.8 Å². The van der Waals surface area contributed by atoms with Gasteiger partial charge in [0.2, 0.25) is 20.0 Å². The highest BCUT2D eigenvalue weighted by molar-refractivity contribution is 7.92. The number of carbonyl (C=O) groups is 1. The number of benzene rings is 2. The number of sulfonamides is 2. The van der Waals surface area contributed by atoms with Gasteiger partial charge in [0.15, 0.2) is 0 Å². The van der Waals surface area contributed by atoms with Crippen molar-refractivity contribution in [1.29, 1.82) is 0 Å². The lowest BCUT2D eigenvalue weighted by Gasteiger charge is -2.34. The van der Waals surface area contributed by atoms with E-state index in [1.807, 2.05) is 0 Å². The molecule has 2 aromatic heterocycles. The summed E-state index contributed by atoms with van der Waals surface area (Å²) in [6, 6.07) is 12.2. The fourth-order valence-corrected chi connectivity index (χ4v) is 7.42. The topological polar surface area (TPSA) is 130 Å². The molecule has 0 radical (unpaired) electrons. The van der Waals surface area contributed by atoms with E-state index in [0.717, 1.165) is 10.6 Å². The summed E-state index contributed by atoms with van der Waals surface area (Å²) in [4.78, 5) is 17.1. The van der Waals surface area contributed by atoms with Gasteiger partial charge in [0, 0.05) is 56.6 Å². The van der Waals surface area contributed by atoms with E-state index in [1.54, 1.807) is 30.5 Å². The molecule has 0 unspecified atom stereocenters. The molecule has 5 rings (SSSR count). The Balaban J connectivity index is 1.64. The van der Waals surface area contributed by atoms with Crippen LogP contribution in [0.2, 0.25) is 0 Å². The number of carbonyl (C=O) groups excluding carboxylic acids is 1. The van der Waals surface area contributed by atoms with E-state index in [-0.39, 0.29) is 35.1 Å². The fraction of sp³-hybridized carbons (Fsp3) is 0.310. The van der Waals surface area contributed by atoms with E-state index in [1.165, 1.54) is 48.9 Å². The number of rotatable bonds is 8. The van der Waals surface area contributed by atoms with Gasteiger partial charge < -0.3 is 9.73 Å². The van der Waals surface area contributed by atoms with E-state index in [2.05, 4.69) is 10.3 Å². The van der Waals surface area contributed by atoms with Crippen molar-refractivity contribution in [3.63, 3.8) is 0 Å². The summed E-state index contributed by atoms with van der Waals surface area (Å²) < 4.78 is 74.5. The Morgan fingerprint density at radius 2 is 1.90 bits per heavy atom. The molecule has 1 atom stereocenters. The highest BCUT2D eigenvalue weighted by Gasteiger charge is 2.33. The van der Waals surface area contributed by atoms with E-state index in [0.29, 0.717) is 47.2 Å². The molecule has 0 bridgehead atoms. The Morgan fingerprint density at radius 3 is 2.55 bits per heavy atom. The van der Waals surface area contributed by atoms with Crippen molar-refractivity contribution in [2.75, 3.05) is 37.7 Å². The molecule has 4 aromatic rings. The van der Waals surface area contributed by atoms with Crippen LogP contribution in [0, 0.1) is 5.82 Å². The molecule has 0 spiro atoms. The van der Waals surface area contributed by atoms with Crippen LogP contribution in [0.25, 0.3) is 22.3 Å². The Morgan fingerprint density at radius 1 is 1.17 bits per heavy atom. The molecule has 1 saturated heterocycles. The average Bonchev–Trinajstić information content (AvgIpc) is 3.34. The molecular weight excluding hydrogens is 583 g/mol. The number of furan rings is 1. The van der Waals surface area contributed by atoms with Crippen LogP contribution in [0.3, 0.4) is 0 Å². The number of aromatic nitrogens is 1. The second-order valence-corrected chi connectivity index (χ2v) is 14.3. The second kappa shape index (κ2) is 11.5.